The summed E-state index contributed by atoms with van der Waals surface area (Å²) in [4.78, 5) is 13.4. The lowest BCUT2D eigenvalue weighted by molar-refractivity contribution is 0.281. The van der Waals surface area contributed by atoms with Crippen molar-refractivity contribution in [2.45, 2.75) is 13.0 Å². The van der Waals surface area contributed by atoms with E-state index in [1.807, 2.05) is 23.6 Å². The third-order valence-corrected chi connectivity index (χ3v) is 7.03. The van der Waals surface area contributed by atoms with Crippen molar-refractivity contribution in [3.8, 4) is 11.5 Å². The minimum atomic E-state index is 0.323. The highest BCUT2D eigenvalue weighted by atomic mass is 35.5. The van der Waals surface area contributed by atoms with E-state index in [4.69, 9.17) is 38.4 Å². The Balaban J connectivity index is 1.53. The summed E-state index contributed by atoms with van der Waals surface area (Å²) in [5.41, 5.74) is 9.52. The first kappa shape index (κ1) is 23.8. The fourth-order valence-corrected chi connectivity index (χ4v) is 4.75. The summed E-state index contributed by atoms with van der Waals surface area (Å²) in [6, 6.07) is 8.95. The van der Waals surface area contributed by atoms with Gasteiger partial charge in [-0.1, -0.05) is 23.2 Å². The minimum absolute atomic E-state index is 0.323. The van der Waals surface area contributed by atoms with Gasteiger partial charge in [-0.2, -0.15) is 11.8 Å². The van der Waals surface area contributed by atoms with E-state index in [2.05, 4.69) is 20.3 Å². The van der Waals surface area contributed by atoms with Crippen molar-refractivity contribution in [1.82, 2.24) is 15.0 Å². The van der Waals surface area contributed by atoms with Gasteiger partial charge in [0.05, 0.1) is 33.4 Å². The number of ether oxygens (including phenoxy) is 2. The minimum Gasteiger partial charge on any atom is -0.669 e. The fourth-order valence-electron chi connectivity index (χ4n) is 3.06. The quantitative estimate of drug-likeness (QED) is 0.224. The molecule has 4 aromatic rings. The number of hydrogen-bond donors (Lipinski definition) is 1. The molecule has 0 radical (unpaired) electrons. The number of aryl methyl sites for hydroxylation is 1. The van der Waals surface area contributed by atoms with Gasteiger partial charge in [-0.05, 0) is 30.0 Å². The van der Waals surface area contributed by atoms with Crippen molar-refractivity contribution in [3.63, 3.8) is 0 Å². The van der Waals surface area contributed by atoms with Crippen molar-refractivity contribution >= 4 is 68.7 Å². The van der Waals surface area contributed by atoms with Crippen LogP contribution in [0, 0.1) is 0 Å². The first-order valence-corrected chi connectivity index (χ1v) is 12.7. The number of anilines is 2. The molecule has 0 fully saturated rings. The van der Waals surface area contributed by atoms with Crippen LogP contribution in [0.5, 0.6) is 11.5 Å². The Kier molecular flexibility index (Phi) is 8.11. The van der Waals surface area contributed by atoms with Gasteiger partial charge in [0.2, 0.25) is 0 Å². The highest BCUT2D eigenvalue weighted by molar-refractivity contribution is 7.99. The lowest BCUT2D eigenvalue weighted by Crippen LogP contribution is -2.01. The Hall–Kier alpha value is -2.30. The van der Waals surface area contributed by atoms with E-state index in [0.717, 1.165) is 33.9 Å². The number of nitrogens with zero attached hydrogens (tertiary/aromatic N) is 3. The summed E-state index contributed by atoms with van der Waals surface area (Å²) in [5, 5.41) is 8.01. The molecule has 33 heavy (non-hydrogen) atoms. The van der Waals surface area contributed by atoms with Gasteiger partial charge in [-0.3, -0.25) is 0 Å². The van der Waals surface area contributed by atoms with E-state index in [9.17, 15) is 0 Å². The molecule has 0 aliphatic heterocycles. The highest BCUT2D eigenvalue weighted by Crippen LogP contribution is 2.36. The van der Waals surface area contributed by atoms with Crippen LogP contribution in [0.1, 0.15) is 10.7 Å². The summed E-state index contributed by atoms with van der Waals surface area (Å²) in [6.45, 7) is 0.323. The normalized spacial score (nSPS) is 11.0. The molecular weight excluding hydrogens is 501 g/mol. The van der Waals surface area contributed by atoms with Crippen molar-refractivity contribution in [2.75, 3.05) is 24.1 Å². The molecule has 4 rings (SSSR count). The van der Waals surface area contributed by atoms with Crippen LogP contribution in [0.2, 0.25) is 10.0 Å². The number of nitrogens with one attached hydrogen (secondary N) is 2. The van der Waals surface area contributed by atoms with Crippen LogP contribution in [0.15, 0.2) is 42.0 Å². The zero-order chi connectivity index (χ0) is 23.2. The molecule has 7 nitrogen and oxygen atoms in total. The number of hydrogen-bond acceptors (Lipinski definition) is 8. The van der Waals surface area contributed by atoms with Crippen molar-refractivity contribution in [1.29, 1.82) is 0 Å². The molecule has 0 amide bonds. The predicted molar refractivity (Wildman–Crippen MR) is 138 cm³/mol. The Morgan fingerprint density at radius 1 is 1.12 bits per heavy atom. The fraction of sp³-hybridized carbons (Fsp3) is 0.227. The summed E-state index contributed by atoms with van der Waals surface area (Å²) in [6.07, 6.45) is 2.35. The molecule has 0 saturated heterocycles. The van der Waals surface area contributed by atoms with E-state index in [-0.39, 0.29) is 0 Å². The molecule has 0 aliphatic carbocycles. The van der Waals surface area contributed by atoms with E-state index in [1.54, 1.807) is 42.3 Å². The first-order chi connectivity index (χ1) is 16.1. The average molecular weight is 521 g/mol. The Morgan fingerprint density at radius 2 is 2.00 bits per heavy atom. The molecular formula is C22H20Cl2N5O2S2-. The van der Waals surface area contributed by atoms with E-state index >= 15 is 0 Å². The maximum Gasteiger partial charge on any atom is 0.163 e. The molecule has 172 valence electrons. The number of rotatable bonds is 10. The number of methoxy groups -OCH3 is 1. The zero-order valence-electron chi connectivity index (χ0n) is 17.6. The maximum atomic E-state index is 7.21. The molecule has 0 spiro atoms. The number of thioether (sulfide) groups is 1. The first-order valence-electron chi connectivity index (χ1n) is 9.90. The van der Waals surface area contributed by atoms with Gasteiger partial charge >= 0.3 is 0 Å². The summed E-state index contributed by atoms with van der Waals surface area (Å²) < 4.78 is 11.6. The highest BCUT2D eigenvalue weighted by Gasteiger charge is 2.13. The smallest absolute Gasteiger partial charge is 0.163 e. The molecule has 0 unspecified atom stereocenters. The molecule has 0 aliphatic rings. The van der Waals surface area contributed by atoms with Crippen LogP contribution < -0.4 is 14.8 Å². The molecule has 0 bridgehead atoms. The summed E-state index contributed by atoms with van der Waals surface area (Å²) >= 11 is 15.3. The average Bonchev–Trinajstić information content (AvgIpc) is 3.27. The van der Waals surface area contributed by atoms with Crippen molar-refractivity contribution < 1.29 is 9.47 Å². The predicted octanol–water partition coefficient (Wildman–Crippen LogP) is 7.01. The number of benzene rings is 2. The van der Waals surface area contributed by atoms with Crippen LogP contribution in [0.4, 0.5) is 11.5 Å². The van der Waals surface area contributed by atoms with Crippen LogP contribution >= 0.6 is 46.3 Å². The van der Waals surface area contributed by atoms with Gasteiger partial charge in [-0.15, -0.1) is 17.2 Å². The SMILES string of the molecule is COc1cc2c(Nc3ccc(Cl)c(Cl)c3)ncnc2cc1OCc1csc(CCSC[NH-])n1. The standard InChI is InChI=1S/C22H20Cl2N5O2S2/c1-30-19-7-15-18(26-12-27-22(15)29-13-2-3-16(23)17(24)6-13)8-20(19)31-9-14-10-33-21(28-14)4-5-32-11-25/h2-3,6-8,10,12,25H,4-5,9,11H2,1H3,(H,26,27,29)/q-1. The van der Waals surface area contributed by atoms with E-state index in [0.29, 0.717) is 45.4 Å². The van der Waals surface area contributed by atoms with Gasteiger partial charge in [-0.25, -0.2) is 15.0 Å². The Bertz CT molecular complexity index is 1250. The Morgan fingerprint density at radius 3 is 2.79 bits per heavy atom. The van der Waals surface area contributed by atoms with Gasteiger partial charge in [0, 0.05) is 28.9 Å². The third kappa shape index (κ3) is 5.99. The number of aromatic nitrogens is 3. The lowest BCUT2D eigenvalue weighted by Gasteiger charge is -2.13. The second-order valence-electron chi connectivity index (χ2n) is 6.82. The van der Waals surface area contributed by atoms with Gasteiger partial charge < -0.3 is 20.5 Å². The second kappa shape index (κ2) is 11.2. The van der Waals surface area contributed by atoms with E-state index in [1.165, 1.54) is 6.33 Å². The monoisotopic (exact) mass is 520 g/mol. The molecule has 11 heteroatoms. The van der Waals surface area contributed by atoms with Crippen LogP contribution in [-0.2, 0) is 13.0 Å². The molecule has 0 atom stereocenters. The topological polar surface area (TPSA) is 93.0 Å². The maximum absolute atomic E-state index is 7.21. The number of fused-ring (bicyclic) bond motifs is 1. The number of halogens is 2. The second-order valence-corrected chi connectivity index (χ2v) is 9.68. The third-order valence-electron chi connectivity index (χ3n) is 4.64. The lowest BCUT2D eigenvalue weighted by atomic mass is 10.2. The van der Waals surface area contributed by atoms with Crippen LogP contribution in [-0.4, -0.2) is 33.7 Å². The molecule has 0 saturated carbocycles. The molecule has 2 aromatic heterocycles. The Labute approximate surface area is 209 Å². The van der Waals surface area contributed by atoms with Crippen molar-refractivity contribution in [2.24, 2.45) is 0 Å². The summed E-state index contributed by atoms with van der Waals surface area (Å²) in [7, 11) is 1.59. The summed E-state index contributed by atoms with van der Waals surface area (Å²) in [5.74, 6) is 3.02. The van der Waals surface area contributed by atoms with Gasteiger partial charge in [0.15, 0.2) is 11.5 Å². The van der Waals surface area contributed by atoms with Crippen LogP contribution in [0.25, 0.3) is 16.6 Å². The molecule has 2 heterocycles. The van der Waals surface area contributed by atoms with E-state index < -0.39 is 0 Å². The van der Waals surface area contributed by atoms with Crippen LogP contribution in [0.3, 0.4) is 0 Å². The molecule has 2 N–H and O–H groups in total. The van der Waals surface area contributed by atoms with Gasteiger partial charge in [0.25, 0.3) is 0 Å². The largest absolute Gasteiger partial charge is 0.669 e. The number of thiazole rings is 1. The zero-order valence-corrected chi connectivity index (χ0v) is 20.7. The molecule has 2 aromatic carbocycles. The van der Waals surface area contributed by atoms with Crippen molar-refractivity contribution in [3.05, 3.63) is 68.5 Å². The van der Waals surface area contributed by atoms with Gasteiger partial charge in [0.1, 0.15) is 18.8 Å².